The largest absolute Gasteiger partial charge is 0.389 e. The first kappa shape index (κ1) is 26.7. The van der Waals surface area contributed by atoms with E-state index in [2.05, 4.69) is 22.7 Å². The average Bonchev–Trinajstić information content (AvgIpc) is 3.51. The van der Waals surface area contributed by atoms with Crippen molar-refractivity contribution >= 4 is 29.0 Å². The van der Waals surface area contributed by atoms with E-state index in [4.69, 9.17) is 14.6 Å². The Kier molecular flexibility index (Phi) is 7.09. The highest BCUT2D eigenvalue weighted by molar-refractivity contribution is 5.99. The highest BCUT2D eigenvalue weighted by Gasteiger charge is 2.55. The van der Waals surface area contributed by atoms with Gasteiger partial charge >= 0.3 is 0 Å². The van der Waals surface area contributed by atoms with Gasteiger partial charge in [-0.05, 0) is 51.0 Å². The first-order valence-electron chi connectivity index (χ1n) is 12.5. The minimum absolute atomic E-state index is 0.0802. The van der Waals surface area contributed by atoms with Crippen LogP contribution in [0.15, 0.2) is 41.7 Å². The van der Waals surface area contributed by atoms with Gasteiger partial charge in [-0.1, -0.05) is 32.9 Å². The lowest BCUT2D eigenvalue weighted by Crippen LogP contribution is -2.57. The first-order chi connectivity index (χ1) is 17.3. The van der Waals surface area contributed by atoms with Crippen LogP contribution in [0.1, 0.15) is 51.7 Å². The van der Waals surface area contributed by atoms with Crippen molar-refractivity contribution in [3.8, 4) is 0 Å². The molecule has 37 heavy (non-hydrogen) atoms. The Morgan fingerprint density at radius 3 is 2.57 bits per heavy atom. The number of aliphatic imine (C=N–C) groups is 1. The third-order valence-corrected chi connectivity index (χ3v) is 7.01. The van der Waals surface area contributed by atoms with Crippen LogP contribution in [0.4, 0.5) is 5.69 Å². The molecule has 0 aromatic heterocycles. The number of hydrogen-bond donors (Lipinski definition) is 3. The van der Waals surface area contributed by atoms with Gasteiger partial charge in [0.1, 0.15) is 18.5 Å². The lowest BCUT2D eigenvalue weighted by molar-refractivity contribution is -0.125. The molecule has 1 aromatic carbocycles. The Bertz CT molecular complexity index is 1160. The fourth-order valence-corrected chi connectivity index (χ4v) is 4.51. The van der Waals surface area contributed by atoms with Crippen molar-refractivity contribution in [1.29, 1.82) is 0 Å². The standard InChI is InChI=1S/C27H38N6O4/c1-16-9-10-19(20(13-16)29-25(35)26(4,5)6)21-14-23(36-8)33(17(2)28-21)15-22(34)30-27(11-12-27)24-31-37-18(3)32(24)7/h9-10,13-14,23-24,31H,3,11-12,15H2,1-2,4-8H3,(H,29,35)(H,30,34). The fourth-order valence-electron chi connectivity index (χ4n) is 4.51. The topological polar surface area (TPSA) is 108 Å². The number of aryl methyl sites for hydroxylation is 1. The Labute approximate surface area is 218 Å². The summed E-state index contributed by atoms with van der Waals surface area (Å²) in [6.45, 7) is 13.4. The minimum Gasteiger partial charge on any atom is -0.389 e. The molecule has 10 heteroatoms. The molecule has 2 unspecified atom stereocenters. The molecule has 10 nitrogen and oxygen atoms in total. The molecular formula is C27H38N6O4. The van der Waals surface area contributed by atoms with E-state index in [1.165, 1.54) is 0 Å². The highest BCUT2D eigenvalue weighted by atomic mass is 16.7. The molecular weight excluding hydrogens is 472 g/mol. The molecule has 2 fully saturated rings. The van der Waals surface area contributed by atoms with E-state index in [9.17, 15) is 9.59 Å². The van der Waals surface area contributed by atoms with Gasteiger partial charge in [-0.3, -0.25) is 9.59 Å². The zero-order chi connectivity index (χ0) is 27.1. The van der Waals surface area contributed by atoms with Crippen LogP contribution in [-0.2, 0) is 19.2 Å². The number of carbonyl (C=O) groups is 2. The smallest absolute Gasteiger partial charge is 0.240 e. The molecule has 2 amide bonds. The van der Waals surface area contributed by atoms with Crippen molar-refractivity contribution in [2.45, 2.75) is 65.4 Å². The van der Waals surface area contributed by atoms with Gasteiger partial charge in [-0.2, -0.15) is 0 Å². The molecule has 0 spiro atoms. The second-order valence-corrected chi connectivity index (χ2v) is 11.0. The quantitative estimate of drug-likeness (QED) is 0.518. The van der Waals surface area contributed by atoms with Crippen LogP contribution in [0.2, 0.25) is 0 Å². The summed E-state index contributed by atoms with van der Waals surface area (Å²) in [4.78, 5) is 39.7. The summed E-state index contributed by atoms with van der Waals surface area (Å²) >= 11 is 0. The zero-order valence-corrected chi connectivity index (χ0v) is 22.8. The summed E-state index contributed by atoms with van der Waals surface area (Å²) in [5, 5.41) is 6.23. The van der Waals surface area contributed by atoms with E-state index in [-0.39, 0.29) is 24.5 Å². The predicted molar refractivity (Wildman–Crippen MR) is 143 cm³/mol. The van der Waals surface area contributed by atoms with Gasteiger partial charge in [-0.25, -0.2) is 4.99 Å². The average molecular weight is 511 g/mol. The number of ether oxygens (including phenoxy) is 1. The number of likely N-dealkylation sites (N-methyl/N-ethyl adjacent to an activating group) is 1. The normalized spacial score (nSPS) is 22.7. The third kappa shape index (κ3) is 5.50. The third-order valence-electron chi connectivity index (χ3n) is 7.01. The molecule has 2 atom stereocenters. The molecule has 1 aromatic rings. The molecule has 1 aliphatic carbocycles. The molecule has 3 aliphatic rings. The van der Waals surface area contributed by atoms with Crippen molar-refractivity contribution in [2.75, 3.05) is 26.0 Å². The number of rotatable bonds is 7. The second-order valence-electron chi connectivity index (χ2n) is 11.0. The fraction of sp³-hybridized carbons (Fsp3) is 0.519. The maximum Gasteiger partial charge on any atom is 0.240 e. The maximum absolute atomic E-state index is 13.1. The highest BCUT2D eigenvalue weighted by Crippen LogP contribution is 2.42. The van der Waals surface area contributed by atoms with Crippen LogP contribution in [0.5, 0.6) is 0 Å². The molecule has 1 saturated heterocycles. The summed E-state index contributed by atoms with van der Waals surface area (Å²) in [7, 11) is 3.49. The van der Waals surface area contributed by atoms with Crippen molar-refractivity contribution < 1.29 is 19.2 Å². The molecule has 3 N–H and O–H groups in total. The summed E-state index contributed by atoms with van der Waals surface area (Å²) < 4.78 is 5.75. The van der Waals surface area contributed by atoms with Crippen LogP contribution in [0.25, 0.3) is 5.70 Å². The lowest BCUT2D eigenvalue weighted by atomic mass is 9.95. The first-order valence-corrected chi connectivity index (χ1v) is 12.5. The number of anilines is 1. The van der Waals surface area contributed by atoms with E-state index in [0.29, 0.717) is 23.1 Å². The minimum atomic E-state index is -0.540. The van der Waals surface area contributed by atoms with Crippen LogP contribution >= 0.6 is 0 Å². The van der Waals surface area contributed by atoms with Gasteiger partial charge < -0.3 is 30.0 Å². The number of hydroxylamine groups is 1. The molecule has 0 radical (unpaired) electrons. The van der Waals surface area contributed by atoms with Gasteiger partial charge in [0, 0.05) is 25.1 Å². The summed E-state index contributed by atoms with van der Waals surface area (Å²) in [5.41, 5.74) is 5.20. The number of nitrogens with zero attached hydrogens (tertiary/aromatic N) is 3. The molecule has 2 heterocycles. The molecule has 0 bridgehead atoms. The number of amides is 2. The van der Waals surface area contributed by atoms with Gasteiger partial charge in [0.15, 0.2) is 6.23 Å². The molecule has 2 aliphatic heterocycles. The van der Waals surface area contributed by atoms with Crippen molar-refractivity contribution in [3.05, 3.63) is 47.9 Å². The van der Waals surface area contributed by atoms with Crippen LogP contribution in [-0.4, -0.2) is 66.1 Å². The number of nitrogens with one attached hydrogen (secondary N) is 3. The Morgan fingerprint density at radius 2 is 2.00 bits per heavy atom. The van der Waals surface area contributed by atoms with E-state index in [1.54, 1.807) is 7.11 Å². The summed E-state index contributed by atoms with van der Waals surface area (Å²) in [5.74, 6) is 0.956. The van der Waals surface area contributed by atoms with E-state index >= 15 is 0 Å². The SMILES string of the molecule is C=C1ONC(C2(NC(=O)CN3C(C)=NC(c4ccc(C)cc4NC(=O)C(C)(C)C)=CC3OC)CC2)N1C. The number of methoxy groups -OCH3 is 1. The van der Waals surface area contributed by atoms with Crippen LogP contribution < -0.4 is 16.1 Å². The Hall–Kier alpha value is -3.37. The van der Waals surface area contributed by atoms with Gasteiger partial charge in [0.25, 0.3) is 0 Å². The lowest BCUT2D eigenvalue weighted by Gasteiger charge is -2.34. The molecule has 200 valence electrons. The monoisotopic (exact) mass is 510 g/mol. The van der Waals surface area contributed by atoms with Crippen molar-refractivity contribution in [1.82, 2.24) is 20.6 Å². The molecule has 4 rings (SSSR count). The molecule has 1 saturated carbocycles. The number of benzene rings is 1. The predicted octanol–water partition coefficient (Wildman–Crippen LogP) is 2.94. The van der Waals surface area contributed by atoms with E-state index < -0.39 is 17.2 Å². The summed E-state index contributed by atoms with van der Waals surface area (Å²) in [6.07, 6.45) is 2.89. The van der Waals surface area contributed by atoms with E-state index in [1.807, 2.05) is 75.7 Å². The Morgan fingerprint density at radius 1 is 1.30 bits per heavy atom. The summed E-state index contributed by atoms with van der Waals surface area (Å²) in [6, 6.07) is 5.87. The maximum atomic E-state index is 13.1. The van der Waals surface area contributed by atoms with Gasteiger partial charge in [0.05, 0.1) is 16.9 Å². The van der Waals surface area contributed by atoms with Gasteiger partial charge in [0.2, 0.25) is 17.7 Å². The Balaban J connectivity index is 1.51. The van der Waals surface area contributed by atoms with Crippen LogP contribution in [0, 0.1) is 12.3 Å². The number of hydrogen-bond acceptors (Lipinski definition) is 8. The van der Waals surface area contributed by atoms with Gasteiger partial charge in [-0.15, -0.1) is 5.48 Å². The second kappa shape index (κ2) is 9.83. The number of carbonyl (C=O) groups excluding carboxylic acids is 2. The van der Waals surface area contributed by atoms with E-state index in [0.717, 1.165) is 24.0 Å². The van der Waals surface area contributed by atoms with Crippen molar-refractivity contribution in [3.63, 3.8) is 0 Å². The van der Waals surface area contributed by atoms with Crippen molar-refractivity contribution in [2.24, 2.45) is 10.4 Å². The van der Waals surface area contributed by atoms with Crippen LogP contribution in [0.3, 0.4) is 0 Å². The number of amidine groups is 1. The zero-order valence-electron chi connectivity index (χ0n) is 22.8.